The van der Waals surface area contributed by atoms with Crippen LogP contribution in [0.3, 0.4) is 0 Å². The molecule has 1 amide bonds. The summed E-state index contributed by atoms with van der Waals surface area (Å²) in [6.07, 6.45) is 0. The van der Waals surface area contributed by atoms with Gasteiger partial charge in [0.05, 0.1) is 5.56 Å². The SMILES string of the molecule is CC(C)(C)NC(=O)COC(=O)c1ccc2ccccc2c1. The van der Waals surface area contributed by atoms with Gasteiger partial charge in [0.25, 0.3) is 5.91 Å². The molecule has 0 aliphatic rings. The third-order valence-corrected chi connectivity index (χ3v) is 2.83. The molecule has 4 heteroatoms. The molecule has 0 saturated carbocycles. The van der Waals surface area contributed by atoms with E-state index in [4.69, 9.17) is 4.74 Å². The van der Waals surface area contributed by atoms with E-state index in [9.17, 15) is 9.59 Å². The van der Waals surface area contributed by atoms with Crippen molar-refractivity contribution in [3.8, 4) is 0 Å². The van der Waals surface area contributed by atoms with Gasteiger partial charge in [-0.05, 0) is 43.7 Å². The zero-order chi connectivity index (χ0) is 15.5. The van der Waals surface area contributed by atoms with E-state index in [0.29, 0.717) is 5.56 Å². The van der Waals surface area contributed by atoms with Gasteiger partial charge in [-0.2, -0.15) is 0 Å². The predicted octanol–water partition coefficient (Wildman–Crippen LogP) is 2.91. The molecule has 1 N–H and O–H groups in total. The summed E-state index contributed by atoms with van der Waals surface area (Å²) >= 11 is 0. The Morgan fingerprint density at radius 1 is 1.05 bits per heavy atom. The maximum Gasteiger partial charge on any atom is 0.338 e. The van der Waals surface area contributed by atoms with Crippen molar-refractivity contribution in [1.82, 2.24) is 5.32 Å². The van der Waals surface area contributed by atoms with Gasteiger partial charge in [0.1, 0.15) is 0 Å². The molecule has 0 aliphatic carbocycles. The quantitative estimate of drug-likeness (QED) is 0.882. The highest BCUT2D eigenvalue weighted by atomic mass is 16.5. The van der Waals surface area contributed by atoms with Gasteiger partial charge in [-0.3, -0.25) is 4.79 Å². The minimum atomic E-state index is -0.496. The van der Waals surface area contributed by atoms with E-state index in [1.54, 1.807) is 12.1 Å². The second-order valence-electron chi connectivity index (χ2n) is 5.94. The fourth-order valence-electron chi connectivity index (χ4n) is 1.99. The van der Waals surface area contributed by atoms with E-state index in [-0.39, 0.29) is 18.1 Å². The first kappa shape index (κ1) is 15.0. The zero-order valence-corrected chi connectivity index (χ0v) is 12.5. The molecular formula is C17H19NO3. The van der Waals surface area contributed by atoms with Crippen LogP contribution in [0.2, 0.25) is 0 Å². The Labute approximate surface area is 124 Å². The number of nitrogens with one attached hydrogen (secondary N) is 1. The molecule has 0 aliphatic heterocycles. The summed E-state index contributed by atoms with van der Waals surface area (Å²) in [6.45, 7) is 5.34. The summed E-state index contributed by atoms with van der Waals surface area (Å²) < 4.78 is 5.03. The van der Waals surface area contributed by atoms with Gasteiger partial charge in [0.2, 0.25) is 0 Å². The molecule has 2 aromatic carbocycles. The molecular weight excluding hydrogens is 266 g/mol. The summed E-state index contributed by atoms with van der Waals surface area (Å²) in [5.41, 5.74) is 0.101. The van der Waals surface area contributed by atoms with Crippen molar-refractivity contribution in [3.05, 3.63) is 48.0 Å². The Bertz CT molecular complexity index is 671. The second kappa shape index (κ2) is 5.95. The molecule has 0 spiro atoms. The van der Waals surface area contributed by atoms with Gasteiger partial charge in [-0.1, -0.05) is 30.3 Å². The number of carbonyl (C=O) groups is 2. The highest BCUT2D eigenvalue weighted by Gasteiger charge is 2.16. The molecule has 4 nitrogen and oxygen atoms in total. The van der Waals surface area contributed by atoms with Crippen LogP contribution in [0.25, 0.3) is 10.8 Å². The van der Waals surface area contributed by atoms with Crippen LogP contribution in [0.5, 0.6) is 0 Å². The third kappa shape index (κ3) is 4.31. The molecule has 2 rings (SSSR count). The molecule has 0 unspecified atom stereocenters. The lowest BCUT2D eigenvalue weighted by atomic mass is 10.1. The van der Waals surface area contributed by atoms with Crippen LogP contribution in [0.15, 0.2) is 42.5 Å². The number of rotatable bonds is 3. The average Bonchev–Trinajstić information content (AvgIpc) is 2.42. The van der Waals surface area contributed by atoms with Crippen molar-refractivity contribution in [1.29, 1.82) is 0 Å². The molecule has 21 heavy (non-hydrogen) atoms. The Balaban J connectivity index is 2.00. The van der Waals surface area contributed by atoms with E-state index in [0.717, 1.165) is 10.8 Å². The summed E-state index contributed by atoms with van der Waals surface area (Å²) in [5, 5.41) is 4.76. The van der Waals surface area contributed by atoms with E-state index >= 15 is 0 Å². The summed E-state index contributed by atoms with van der Waals surface area (Å²) in [5.74, 6) is -0.804. The minimum Gasteiger partial charge on any atom is -0.452 e. The number of hydrogen-bond acceptors (Lipinski definition) is 3. The molecule has 110 valence electrons. The van der Waals surface area contributed by atoms with E-state index in [1.807, 2.05) is 51.1 Å². The summed E-state index contributed by atoms with van der Waals surface area (Å²) in [4.78, 5) is 23.6. The maximum absolute atomic E-state index is 12.0. The largest absolute Gasteiger partial charge is 0.452 e. The number of hydrogen-bond donors (Lipinski definition) is 1. The highest BCUT2D eigenvalue weighted by molar-refractivity contribution is 5.96. The molecule has 0 atom stereocenters. The fourth-order valence-corrected chi connectivity index (χ4v) is 1.99. The van der Waals surface area contributed by atoms with Crippen molar-refractivity contribution >= 4 is 22.6 Å². The lowest BCUT2D eigenvalue weighted by Crippen LogP contribution is -2.42. The first-order chi connectivity index (χ1) is 9.85. The number of amides is 1. The molecule has 0 bridgehead atoms. The van der Waals surface area contributed by atoms with Crippen LogP contribution in [0, 0.1) is 0 Å². The smallest absolute Gasteiger partial charge is 0.338 e. The van der Waals surface area contributed by atoms with Gasteiger partial charge < -0.3 is 10.1 Å². The number of fused-ring (bicyclic) bond motifs is 1. The molecule has 0 heterocycles. The first-order valence-corrected chi connectivity index (χ1v) is 6.82. The van der Waals surface area contributed by atoms with Gasteiger partial charge in [0, 0.05) is 5.54 Å². The van der Waals surface area contributed by atoms with Crippen molar-refractivity contribution in [3.63, 3.8) is 0 Å². The lowest BCUT2D eigenvalue weighted by Gasteiger charge is -2.20. The number of benzene rings is 2. The van der Waals surface area contributed by atoms with Crippen LogP contribution < -0.4 is 5.32 Å². The standard InChI is InChI=1S/C17H19NO3/c1-17(2,3)18-15(19)11-21-16(20)14-9-8-12-6-4-5-7-13(12)10-14/h4-10H,11H2,1-3H3,(H,18,19). The van der Waals surface area contributed by atoms with Crippen molar-refractivity contribution < 1.29 is 14.3 Å². The van der Waals surface area contributed by atoms with E-state index < -0.39 is 5.97 Å². The summed E-state index contributed by atoms with van der Waals surface area (Å²) in [6, 6.07) is 13.1. The molecule has 0 aromatic heterocycles. The minimum absolute atomic E-state index is 0.275. The number of ether oxygens (including phenoxy) is 1. The molecule has 0 saturated heterocycles. The van der Waals surface area contributed by atoms with Gasteiger partial charge in [-0.25, -0.2) is 4.79 Å². The van der Waals surface area contributed by atoms with Crippen molar-refractivity contribution in [2.24, 2.45) is 0 Å². The van der Waals surface area contributed by atoms with Crippen molar-refractivity contribution in [2.45, 2.75) is 26.3 Å². The Morgan fingerprint density at radius 3 is 2.38 bits per heavy atom. The highest BCUT2D eigenvalue weighted by Crippen LogP contribution is 2.16. The van der Waals surface area contributed by atoms with Crippen molar-refractivity contribution in [2.75, 3.05) is 6.61 Å². The topological polar surface area (TPSA) is 55.4 Å². The molecule has 0 radical (unpaired) electrons. The lowest BCUT2D eigenvalue weighted by molar-refractivity contribution is -0.125. The maximum atomic E-state index is 12.0. The summed E-state index contributed by atoms with van der Waals surface area (Å²) in [7, 11) is 0. The monoisotopic (exact) mass is 285 g/mol. The third-order valence-electron chi connectivity index (χ3n) is 2.83. The van der Waals surface area contributed by atoms with Gasteiger partial charge in [-0.15, -0.1) is 0 Å². The van der Waals surface area contributed by atoms with Crippen LogP contribution in [0.4, 0.5) is 0 Å². The van der Waals surface area contributed by atoms with Crippen LogP contribution >= 0.6 is 0 Å². The Morgan fingerprint density at radius 2 is 1.71 bits per heavy atom. The number of carbonyl (C=O) groups excluding carboxylic acids is 2. The molecule has 2 aromatic rings. The Kier molecular flexibility index (Phi) is 4.26. The van der Waals surface area contributed by atoms with E-state index in [2.05, 4.69) is 5.32 Å². The second-order valence-corrected chi connectivity index (χ2v) is 5.94. The number of esters is 1. The van der Waals surface area contributed by atoms with Crippen LogP contribution in [0.1, 0.15) is 31.1 Å². The predicted molar refractivity (Wildman–Crippen MR) is 82.1 cm³/mol. The normalized spacial score (nSPS) is 11.2. The van der Waals surface area contributed by atoms with Gasteiger partial charge in [0.15, 0.2) is 6.61 Å². The van der Waals surface area contributed by atoms with E-state index in [1.165, 1.54) is 0 Å². The molecule has 0 fully saturated rings. The average molecular weight is 285 g/mol. The zero-order valence-electron chi connectivity index (χ0n) is 12.5. The van der Waals surface area contributed by atoms with Crippen LogP contribution in [-0.4, -0.2) is 24.0 Å². The Hall–Kier alpha value is -2.36. The fraction of sp³-hybridized carbons (Fsp3) is 0.294. The first-order valence-electron chi connectivity index (χ1n) is 6.82. The van der Waals surface area contributed by atoms with Gasteiger partial charge >= 0.3 is 5.97 Å². The van der Waals surface area contributed by atoms with Crippen LogP contribution in [-0.2, 0) is 9.53 Å².